The van der Waals surface area contributed by atoms with E-state index in [-0.39, 0.29) is 17.7 Å². The molecule has 0 amide bonds. The predicted molar refractivity (Wildman–Crippen MR) is 117 cm³/mol. The summed E-state index contributed by atoms with van der Waals surface area (Å²) in [6.45, 7) is 1.06. The van der Waals surface area contributed by atoms with Gasteiger partial charge in [-0.25, -0.2) is 4.98 Å². The third kappa shape index (κ3) is 4.85. The Morgan fingerprint density at radius 1 is 1.12 bits per heavy atom. The standard InChI is InChI=1S/C24H22F3N3OS/c25-24(26,27)21(19-8-4-5-17(13-19)14-28)29-16-23(9-11-31-12-10-23)22-30-20(15-32-22)18-6-2-1-3-7-18/h1-8,13,15,21,29H,9-12,16H2. The van der Waals surface area contributed by atoms with Crippen LogP contribution >= 0.6 is 11.3 Å². The zero-order chi connectivity index (χ0) is 22.6. The van der Waals surface area contributed by atoms with E-state index >= 15 is 0 Å². The summed E-state index contributed by atoms with van der Waals surface area (Å²) in [5, 5.41) is 14.6. The van der Waals surface area contributed by atoms with Crippen LogP contribution < -0.4 is 5.32 Å². The van der Waals surface area contributed by atoms with Crippen LogP contribution in [-0.2, 0) is 10.2 Å². The number of halogens is 3. The van der Waals surface area contributed by atoms with Gasteiger partial charge in [0, 0.05) is 36.1 Å². The van der Waals surface area contributed by atoms with Gasteiger partial charge in [-0.3, -0.25) is 0 Å². The van der Waals surface area contributed by atoms with Gasteiger partial charge in [0.1, 0.15) is 11.0 Å². The van der Waals surface area contributed by atoms with Crippen molar-refractivity contribution in [3.05, 3.63) is 76.1 Å². The molecule has 4 rings (SSSR count). The van der Waals surface area contributed by atoms with Gasteiger partial charge in [-0.1, -0.05) is 42.5 Å². The van der Waals surface area contributed by atoms with Gasteiger partial charge in [0.15, 0.2) is 0 Å². The number of alkyl halides is 3. The van der Waals surface area contributed by atoms with Gasteiger partial charge in [0.25, 0.3) is 0 Å². The number of benzene rings is 2. The smallest absolute Gasteiger partial charge is 0.381 e. The maximum absolute atomic E-state index is 14.0. The van der Waals surface area contributed by atoms with Crippen molar-refractivity contribution in [2.24, 2.45) is 0 Å². The van der Waals surface area contributed by atoms with E-state index in [2.05, 4.69) is 5.32 Å². The topological polar surface area (TPSA) is 57.9 Å². The quantitative estimate of drug-likeness (QED) is 0.522. The molecule has 1 aliphatic heterocycles. The van der Waals surface area contributed by atoms with E-state index < -0.39 is 17.6 Å². The molecule has 0 saturated carbocycles. The number of ether oxygens (including phenoxy) is 1. The molecule has 1 N–H and O–H groups in total. The first-order chi connectivity index (χ1) is 15.4. The average molecular weight is 458 g/mol. The van der Waals surface area contributed by atoms with E-state index in [0.717, 1.165) is 16.3 Å². The van der Waals surface area contributed by atoms with Gasteiger partial charge in [0.2, 0.25) is 0 Å². The van der Waals surface area contributed by atoms with E-state index in [9.17, 15) is 13.2 Å². The first-order valence-corrected chi connectivity index (χ1v) is 11.2. The number of hydrogen-bond donors (Lipinski definition) is 1. The molecule has 166 valence electrons. The van der Waals surface area contributed by atoms with Crippen LogP contribution in [0, 0.1) is 11.3 Å². The lowest BCUT2D eigenvalue weighted by Crippen LogP contribution is -2.46. The Kier molecular flexibility index (Phi) is 6.60. The Hall–Kier alpha value is -2.73. The second-order valence-corrected chi connectivity index (χ2v) is 8.75. The van der Waals surface area contributed by atoms with Crippen molar-refractivity contribution in [3.63, 3.8) is 0 Å². The average Bonchev–Trinajstić information content (AvgIpc) is 3.31. The maximum Gasteiger partial charge on any atom is 0.407 e. The lowest BCUT2D eigenvalue weighted by atomic mass is 9.80. The maximum atomic E-state index is 14.0. The fraction of sp³-hybridized carbons (Fsp3) is 0.333. The number of nitrogens with zero attached hydrogens (tertiary/aromatic N) is 2. The number of hydrogen-bond acceptors (Lipinski definition) is 5. The highest BCUT2D eigenvalue weighted by atomic mass is 32.1. The molecular formula is C24H22F3N3OS. The zero-order valence-electron chi connectivity index (χ0n) is 17.2. The summed E-state index contributed by atoms with van der Waals surface area (Å²) < 4.78 is 47.4. The summed E-state index contributed by atoms with van der Waals surface area (Å²) in [6, 6.07) is 15.4. The van der Waals surface area contributed by atoms with Crippen LogP contribution in [0.25, 0.3) is 11.3 Å². The third-order valence-corrected chi connectivity index (χ3v) is 6.89. The first kappa shape index (κ1) is 22.5. The van der Waals surface area contributed by atoms with Crippen molar-refractivity contribution < 1.29 is 17.9 Å². The number of nitrogens with one attached hydrogen (secondary N) is 1. The number of rotatable bonds is 6. The molecule has 1 aliphatic rings. The van der Waals surface area contributed by atoms with Crippen LogP contribution in [0.15, 0.2) is 60.0 Å². The summed E-state index contributed by atoms with van der Waals surface area (Å²) in [5.74, 6) is 0. The molecule has 0 radical (unpaired) electrons. The summed E-state index contributed by atoms with van der Waals surface area (Å²) in [6.07, 6.45) is -3.33. The highest BCUT2D eigenvalue weighted by Gasteiger charge is 2.44. The van der Waals surface area contributed by atoms with E-state index in [1.165, 1.54) is 35.6 Å². The monoisotopic (exact) mass is 457 g/mol. The number of thiazole rings is 1. The van der Waals surface area contributed by atoms with E-state index in [1.807, 2.05) is 41.8 Å². The normalized spacial score (nSPS) is 16.9. The van der Waals surface area contributed by atoms with E-state index in [0.29, 0.717) is 26.1 Å². The molecule has 0 spiro atoms. The lowest BCUT2D eigenvalue weighted by molar-refractivity contribution is -0.158. The Morgan fingerprint density at radius 3 is 2.56 bits per heavy atom. The number of nitriles is 1. The van der Waals surface area contributed by atoms with Crippen molar-refractivity contribution in [1.82, 2.24) is 10.3 Å². The summed E-state index contributed by atoms with van der Waals surface area (Å²) >= 11 is 1.48. The summed E-state index contributed by atoms with van der Waals surface area (Å²) in [5.41, 5.74) is 1.48. The molecule has 1 atom stereocenters. The minimum atomic E-state index is -4.50. The Labute approximate surface area is 188 Å². The Morgan fingerprint density at radius 2 is 1.88 bits per heavy atom. The third-order valence-electron chi connectivity index (χ3n) is 5.80. The molecular weight excluding hydrogens is 435 g/mol. The van der Waals surface area contributed by atoms with Gasteiger partial charge in [-0.2, -0.15) is 18.4 Å². The molecule has 1 fully saturated rings. The van der Waals surface area contributed by atoms with Crippen molar-refractivity contribution in [2.45, 2.75) is 30.5 Å². The molecule has 8 heteroatoms. The fourth-order valence-corrected chi connectivity index (χ4v) is 5.08. The highest BCUT2D eigenvalue weighted by Crippen LogP contribution is 2.40. The lowest BCUT2D eigenvalue weighted by Gasteiger charge is -2.37. The first-order valence-electron chi connectivity index (χ1n) is 10.3. The van der Waals surface area contributed by atoms with Crippen LogP contribution in [0.1, 0.15) is 35.0 Å². The van der Waals surface area contributed by atoms with Gasteiger partial charge in [-0.15, -0.1) is 11.3 Å². The Bertz CT molecular complexity index is 1090. The number of aromatic nitrogens is 1. The second-order valence-electron chi connectivity index (χ2n) is 7.89. The molecule has 2 aromatic carbocycles. The van der Waals surface area contributed by atoms with Crippen LogP contribution in [0.3, 0.4) is 0 Å². The molecule has 1 aromatic heterocycles. The van der Waals surface area contributed by atoms with Crippen molar-refractivity contribution >= 4 is 11.3 Å². The van der Waals surface area contributed by atoms with Crippen LogP contribution in [0.2, 0.25) is 0 Å². The summed E-state index contributed by atoms with van der Waals surface area (Å²) in [7, 11) is 0. The zero-order valence-corrected chi connectivity index (χ0v) is 18.0. The van der Waals surface area contributed by atoms with Crippen molar-refractivity contribution in [2.75, 3.05) is 19.8 Å². The largest absolute Gasteiger partial charge is 0.407 e. The second kappa shape index (κ2) is 9.41. The molecule has 32 heavy (non-hydrogen) atoms. The van der Waals surface area contributed by atoms with Crippen LogP contribution in [-0.4, -0.2) is 30.9 Å². The minimum Gasteiger partial charge on any atom is -0.381 e. The molecule has 0 aliphatic carbocycles. The molecule has 1 unspecified atom stereocenters. The van der Waals surface area contributed by atoms with Crippen LogP contribution in [0.4, 0.5) is 13.2 Å². The Balaban J connectivity index is 1.62. The highest BCUT2D eigenvalue weighted by molar-refractivity contribution is 7.10. The molecule has 0 bridgehead atoms. The van der Waals surface area contributed by atoms with Gasteiger partial charge < -0.3 is 10.1 Å². The fourth-order valence-electron chi connectivity index (χ4n) is 3.99. The molecule has 2 heterocycles. The summed E-state index contributed by atoms with van der Waals surface area (Å²) in [4.78, 5) is 4.82. The minimum absolute atomic E-state index is 0.0304. The predicted octanol–water partition coefficient (Wildman–Crippen LogP) is 5.62. The van der Waals surface area contributed by atoms with Gasteiger partial charge in [-0.05, 0) is 30.5 Å². The van der Waals surface area contributed by atoms with Crippen molar-refractivity contribution in [3.8, 4) is 17.3 Å². The molecule has 4 nitrogen and oxygen atoms in total. The van der Waals surface area contributed by atoms with E-state index in [4.69, 9.17) is 15.0 Å². The van der Waals surface area contributed by atoms with Crippen LogP contribution in [0.5, 0.6) is 0 Å². The van der Waals surface area contributed by atoms with Gasteiger partial charge >= 0.3 is 6.18 Å². The molecule has 1 saturated heterocycles. The van der Waals surface area contributed by atoms with E-state index in [1.54, 1.807) is 0 Å². The van der Waals surface area contributed by atoms with Gasteiger partial charge in [0.05, 0.1) is 17.3 Å². The molecule has 3 aromatic rings. The van der Waals surface area contributed by atoms with Crippen molar-refractivity contribution in [1.29, 1.82) is 5.26 Å². The SMILES string of the molecule is N#Cc1cccc(C(NCC2(c3nc(-c4ccccc4)cs3)CCOCC2)C(F)(F)F)c1.